The van der Waals surface area contributed by atoms with Crippen molar-refractivity contribution in [3.05, 3.63) is 39.7 Å². The van der Waals surface area contributed by atoms with Crippen molar-refractivity contribution in [1.82, 2.24) is 5.32 Å². The summed E-state index contributed by atoms with van der Waals surface area (Å²) in [6.45, 7) is 1.92. The lowest BCUT2D eigenvalue weighted by Gasteiger charge is -2.15. The van der Waals surface area contributed by atoms with Crippen molar-refractivity contribution < 1.29 is 14.1 Å². The summed E-state index contributed by atoms with van der Waals surface area (Å²) >= 11 is 3.28. The monoisotopic (exact) mass is 332 g/mol. The molecule has 1 unspecified atom stereocenters. The van der Waals surface area contributed by atoms with Crippen molar-refractivity contribution in [2.45, 2.75) is 25.8 Å². The van der Waals surface area contributed by atoms with E-state index in [1.54, 1.807) is 0 Å². The first kappa shape index (κ1) is 15.6. The van der Waals surface area contributed by atoms with Crippen LogP contribution in [0.1, 0.15) is 30.1 Å². The number of carbonyl (C=O) groups is 1. The molecule has 1 amide bonds. The summed E-state index contributed by atoms with van der Waals surface area (Å²) in [5.41, 5.74) is -0.555. The van der Waals surface area contributed by atoms with Gasteiger partial charge in [0.15, 0.2) is 0 Å². The second-order valence-corrected chi connectivity index (χ2v) is 4.77. The number of hydrogen-bond acceptors (Lipinski definition) is 3. The summed E-state index contributed by atoms with van der Waals surface area (Å²) in [5.74, 6) is -1.44. The van der Waals surface area contributed by atoms with Crippen molar-refractivity contribution in [1.29, 1.82) is 0 Å². The number of nitro benzene ring substituents is 1. The summed E-state index contributed by atoms with van der Waals surface area (Å²) < 4.78 is 13.6. The molecule has 7 heteroatoms. The molecule has 0 aliphatic rings. The number of nitrogens with one attached hydrogen (secondary N) is 1. The first-order valence-electron chi connectivity index (χ1n) is 5.80. The average Bonchev–Trinajstić information content (AvgIpc) is 2.37. The average molecular weight is 333 g/mol. The number of benzene rings is 1. The fraction of sp³-hybridized carbons (Fsp3) is 0.417. The molecule has 0 aromatic heterocycles. The van der Waals surface area contributed by atoms with E-state index in [1.165, 1.54) is 0 Å². The summed E-state index contributed by atoms with van der Waals surface area (Å²) in [4.78, 5) is 21.6. The van der Waals surface area contributed by atoms with Gasteiger partial charge in [0, 0.05) is 17.4 Å². The molecule has 0 fully saturated rings. The van der Waals surface area contributed by atoms with E-state index in [2.05, 4.69) is 21.2 Å². The van der Waals surface area contributed by atoms with Crippen LogP contribution in [0.2, 0.25) is 0 Å². The van der Waals surface area contributed by atoms with E-state index in [0.29, 0.717) is 0 Å². The van der Waals surface area contributed by atoms with Gasteiger partial charge in [-0.05, 0) is 18.9 Å². The summed E-state index contributed by atoms with van der Waals surface area (Å²) in [6.07, 6.45) is 1.46. The minimum absolute atomic E-state index is 0.0542. The third-order valence-corrected chi connectivity index (χ3v) is 3.15. The number of halogens is 2. The van der Waals surface area contributed by atoms with Gasteiger partial charge in [-0.25, -0.2) is 4.39 Å². The molecule has 0 aliphatic heterocycles. The third-order valence-electron chi connectivity index (χ3n) is 2.69. The minimum Gasteiger partial charge on any atom is -0.349 e. The Kier molecular flexibility index (Phi) is 5.88. The summed E-state index contributed by atoms with van der Waals surface area (Å²) in [6, 6.07) is 2.94. The zero-order valence-electron chi connectivity index (χ0n) is 10.4. The maximum atomic E-state index is 13.6. The van der Waals surface area contributed by atoms with E-state index < -0.39 is 16.6 Å². The normalized spacial score (nSPS) is 11.9. The van der Waals surface area contributed by atoms with Crippen LogP contribution in [0.3, 0.4) is 0 Å². The molecule has 1 aromatic carbocycles. The van der Waals surface area contributed by atoms with E-state index in [1.807, 2.05) is 6.92 Å². The predicted octanol–water partition coefficient (Wildman–Crippen LogP) is 3.03. The number of alkyl halides is 1. The highest BCUT2D eigenvalue weighted by atomic mass is 79.9. The second-order valence-electron chi connectivity index (χ2n) is 3.98. The van der Waals surface area contributed by atoms with Crippen molar-refractivity contribution >= 4 is 27.5 Å². The highest BCUT2D eigenvalue weighted by Gasteiger charge is 2.18. The van der Waals surface area contributed by atoms with Gasteiger partial charge >= 0.3 is 0 Å². The molecule has 0 heterocycles. The Bertz CT molecular complexity index is 482. The van der Waals surface area contributed by atoms with Crippen LogP contribution >= 0.6 is 15.9 Å². The van der Waals surface area contributed by atoms with Gasteiger partial charge in [-0.3, -0.25) is 14.9 Å². The second kappa shape index (κ2) is 7.18. The number of non-ortho nitro benzene ring substituents is 1. The molecule has 0 aliphatic carbocycles. The van der Waals surface area contributed by atoms with Crippen molar-refractivity contribution in [2.24, 2.45) is 0 Å². The Hall–Kier alpha value is -1.50. The molecule has 0 radical (unpaired) electrons. The van der Waals surface area contributed by atoms with Crippen LogP contribution in [0.25, 0.3) is 0 Å². The van der Waals surface area contributed by atoms with Gasteiger partial charge < -0.3 is 5.32 Å². The van der Waals surface area contributed by atoms with Crippen LogP contribution in [-0.2, 0) is 0 Å². The number of carbonyl (C=O) groups excluding carboxylic acids is 1. The quantitative estimate of drug-likeness (QED) is 0.494. The van der Waals surface area contributed by atoms with Gasteiger partial charge in [0.25, 0.3) is 11.6 Å². The molecule has 19 heavy (non-hydrogen) atoms. The molecule has 0 saturated heterocycles. The molecule has 1 N–H and O–H groups in total. The molecular weight excluding hydrogens is 319 g/mol. The van der Waals surface area contributed by atoms with E-state index in [0.717, 1.165) is 36.4 Å². The van der Waals surface area contributed by atoms with Crippen LogP contribution < -0.4 is 5.32 Å². The molecule has 1 rings (SSSR count). The summed E-state index contributed by atoms with van der Waals surface area (Å²) in [5, 5.41) is 13.9. The lowest BCUT2D eigenvalue weighted by molar-refractivity contribution is -0.385. The van der Waals surface area contributed by atoms with Crippen LogP contribution in [0.5, 0.6) is 0 Å². The molecule has 104 valence electrons. The predicted molar refractivity (Wildman–Crippen MR) is 73.0 cm³/mol. The molecule has 5 nitrogen and oxygen atoms in total. The van der Waals surface area contributed by atoms with Gasteiger partial charge in [0.1, 0.15) is 5.82 Å². The zero-order valence-corrected chi connectivity index (χ0v) is 11.9. The minimum atomic E-state index is -0.889. The van der Waals surface area contributed by atoms with Gasteiger partial charge in [-0.2, -0.15) is 0 Å². The molecule has 0 bridgehead atoms. The number of hydrogen-bond donors (Lipinski definition) is 1. The Morgan fingerprint density at radius 1 is 1.58 bits per heavy atom. The van der Waals surface area contributed by atoms with E-state index in [-0.39, 0.29) is 17.3 Å². The van der Waals surface area contributed by atoms with E-state index in [4.69, 9.17) is 0 Å². The van der Waals surface area contributed by atoms with E-state index >= 15 is 0 Å². The number of nitrogens with zero attached hydrogens (tertiary/aromatic N) is 1. The standard InChI is InChI=1S/C12H14BrFN2O3/c1-2-8(5-6-13)15-12(17)10-4-3-9(16(18)19)7-11(10)14/h3-4,7-8H,2,5-6H2,1H3,(H,15,17). The fourth-order valence-corrected chi connectivity index (χ4v) is 2.13. The fourth-order valence-electron chi connectivity index (χ4n) is 1.57. The van der Waals surface area contributed by atoms with Crippen molar-refractivity contribution in [3.63, 3.8) is 0 Å². The molecule has 1 atom stereocenters. The topological polar surface area (TPSA) is 72.2 Å². The largest absolute Gasteiger partial charge is 0.349 e. The molecule has 1 aromatic rings. The van der Waals surface area contributed by atoms with Crippen LogP contribution in [0, 0.1) is 15.9 Å². The Morgan fingerprint density at radius 3 is 2.74 bits per heavy atom. The molecular formula is C12H14BrFN2O3. The number of amides is 1. The Balaban J connectivity index is 2.85. The number of rotatable bonds is 6. The highest BCUT2D eigenvalue weighted by Crippen LogP contribution is 2.17. The smallest absolute Gasteiger partial charge is 0.272 e. The SMILES string of the molecule is CCC(CCBr)NC(=O)c1ccc([N+](=O)[O-])cc1F. The maximum absolute atomic E-state index is 13.6. The lowest BCUT2D eigenvalue weighted by atomic mass is 10.1. The van der Waals surface area contributed by atoms with E-state index in [9.17, 15) is 19.3 Å². The van der Waals surface area contributed by atoms with Gasteiger partial charge in [-0.15, -0.1) is 0 Å². The maximum Gasteiger partial charge on any atom is 0.272 e. The Morgan fingerprint density at radius 2 is 2.26 bits per heavy atom. The zero-order chi connectivity index (χ0) is 14.4. The highest BCUT2D eigenvalue weighted by molar-refractivity contribution is 9.09. The lowest BCUT2D eigenvalue weighted by Crippen LogP contribution is -2.35. The first-order chi connectivity index (χ1) is 8.99. The van der Waals surface area contributed by atoms with Crippen LogP contribution in [0.15, 0.2) is 18.2 Å². The third kappa shape index (κ3) is 4.27. The Labute approximate surface area is 118 Å². The summed E-state index contributed by atoms with van der Waals surface area (Å²) in [7, 11) is 0. The van der Waals surface area contributed by atoms with Crippen LogP contribution in [-0.4, -0.2) is 22.2 Å². The number of nitro groups is 1. The molecule has 0 saturated carbocycles. The van der Waals surface area contributed by atoms with Crippen molar-refractivity contribution in [3.8, 4) is 0 Å². The molecule has 0 spiro atoms. The van der Waals surface area contributed by atoms with Gasteiger partial charge in [-0.1, -0.05) is 22.9 Å². The van der Waals surface area contributed by atoms with Crippen molar-refractivity contribution in [2.75, 3.05) is 5.33 Å². The first-order valence-corrected chi connectivity index (χ1v) is 6.92. The van der Waals surface area contributed by atoms with Crippen LogP contribution in [0.4, 0.5) is 10.1 Å². The van der Waals surface area contributed by atoms with Gasteiger partial charge in [0.05, 0.1) is 16.6 Å². The van der Waals surface area contributed by atoms with Gasteiger partial charge in [0.2, 0.25) is 0 Å².